The molecule has 1 aliphatic rings. The average Bonchev–Trinajstić information content (AvgIpc) is 3.25. The van der Waals surface area contributed by atoms with Crippen molar-refractivity contribution in [3.05, 3.63) is 24.9 Å². The fourth-order valence-electron chi connectivity index (χ4n) is 2.35. The van der Waals surface area contributed by atoms with Crippen LogP contribution in [0.25, 0.3) is 0 Å². The van der Waals surface area contributed by atoms with Crippen LogP contribution in [0, 0.1) is 0 Å². The van der Waals surface area contributed by atoms with E-state index in [1.54, 1.807) is 0 Å². The second kappa shape index (κ2) is 6.92. The Morgan fingerprint density at radius 2 is 2.04 bits per heavy atom. The Bertz CT molecular complexity index is 728. The fourth-order valence-corrected chi connectivity index (χ4v) is 3.24. The lowest BCUT2D eigenvalue weighted by atomic mass is 10.4. The summed E-state index contributed by atoms with van der Waals surface area (Å²) >= 11 is 0. The molecule has 0 atom stereocenters. The first-order valence-corrected chi connectivity index (χ1v) is 8.83. The first kappa shape index (κ1) is 15.7. The summed E-state index contributed by atoms with van der Waals surface area (Å²) in [4.78, 5) is 10.6. The summed E-state index contributed by atoms with van der Waals surface area (Å²) in [5.74, 6) is 1.57. The standard InChI is InChI=1S/C13H18N6O3S/c20-23(21,11-8-17-22-9-11)18-4-3-14-12-7-13(16-10-15-12)19-5-1-2-6-19/h7-10,18H,1-6H2,(H,14,15,16). The molecule has 0 radical (unpaired) electrons. The predicted molar refractivity (Wildman–Crippen MR) is 83.7 cm³/mol. The van der Waals surface area contributed by atoms with Crippen LogP contribution < -0.4 is 14.9 Å². The lowest BCUT2D eigenvalue weighted by Crippen LogP contribution is -2.29. The van der Waals surface area contributed by atoms with Gasteiger partial charge in [0.15, 0.2) is 0 Å². The van der Waals surface area contributed by atoms with Crippen LogP contribution in [-0.2, 0) is 10.0 Å². The second-order valence-corrected chi connectivity index (χ2v) is 6.91. The van der Waals surface area contributed by atoms with E-state index in [1.165, 1.54) is 19.2 Å². The summed E-state index contributed by atoms with van der Waals surface area (Å²) in [6, 6.07) is 1.87. The third-order valence-corrected chi connectivity index (χ3v) is 4.93. The third-order valence-electron chi connectivity index (χ3n) is 3.53. The van der Waals surface area contributed by atoms with Crippen LogP contribution in [0.5, 0.6) is 0 Å². The number of sulfonamides is 1. The Morgan fingerprint density at radius 1 is 1.22 bits per heavy atom. The van der Waals surface area contributed by atoms with Crippen LogP contribution >= 0.6 is 0 Å². The lowest BCUT2D eigenvalue weighted by Gasteiger charge is -2.16. The summed E-state index contributed by atoms with van der Waals surface area (Å²) in [5, 5.41) is 6.46. The number of rotatable bonds is 7. The molecule has 3 rings (SSSR count). The summed E-state index contributed by atoms with van der Waals surface area (Å²) in [6.07, 6.45) is 6.11. The molecule has 2 N–H and O–H groups in total. The van der Waals surface area contributed by atoms with Crippen molar-refractivity contribution >= 4 is 21.7 Å². The zero-order valence-corrected chi connectivity index (χ0v) is 13.3. The molecular formula is C13H18N6O3S. The molecule has 10 heteroatoms. The van der Waals surface area contributed by atoms with Gasteiger partial charge in [0.25, 0.3) is 0 Å². The highest BCUT2D eigenvalue weighted by molar-refractivity contribution is 7.89. The largest absolute Gasteiger partial charge is 0.369 e. The summed E-state index contributed by atoms with van der Waals surface area (Å²) < 4.78 is 30.7. The molecule has 1 aliphatic heterocycles. The highest BCUT2D eigenvalue weighted by Crippen LogP contribution is 2.19. The van der Waals surface area contributed by atoms with Gasteiger partial charge in [0.05, 0.1) is 6.20 Å². The molecule has 23 heavy (non-hydrogen) atoms. The smallest absolute Gasteiger partial charge is 0.245 e. The van der Waals surface area contributed by atoms with Crippen molar-refractivity contribution in [1.29, 1.82) is 0 Å². The quantitative estimate of drug-likeness (QED) is 0.700. The Balaban J connectivity index is 1.50. The number of nitrogens with one attached hydrogen (secondary N) is 2. The zero-order chi connectivity index (χ0) is 16.1. The molecule has 2 aromatic heterocycles. The van der Waals surface area contributed by atoms with E-state index in [0.29, 0.717) is 12.4 Å². The van der Waals surface area contributed by atoms with Gasteiger partial charge < -0.3 is 14.7 Å². The molecule has 1 fully saturated rings. The van der Waals surface area contributed by atoms with Crippen molar-refractivity contribution in [1.82, 2.24) is 19.8 Å². The van der Waals surface area contributed by atoms with Gasteiger partial charge in [-0.05, 0) is 12.8 Å². The van der Waals surface area contributed by atoms with E-state index in [4.69, 9.17) is 0 Å². The number of aromatic nitrogens is 3. The number of hydrogen-bond donors (Lipinski definition) is 2. The maximum absolute atomic E-state index is 11.9. The minimum absolute atomic E-state index is 0.0101. The highest BCUT2D eigenvalue weighted by atomic mass is 32.2. The van der Waals surface area contributed by atoms with Crippen molar-refractivity contribution in [2.24, 2.45) is 0 Å². The van der Waals surface area contributed by atoms with Crippen molar-refractivity contribution in [3.63, 3.8) is 0 Å². The minimum Gasteiger partial charge on any atom is -0.369 e. The minimum atomic E-state index is -3.58. The van der Waals surface area contributed by atoms with Crippen molar-refractivity contribution in [2.75, 3.05) is 36.4 Å². The lowest BCUT2D eigenvalue weighted by molar-refractivity contribution is 0.417. The molecule has 0 unspecified atom stereocenters. The number of nitrogens with zero attached hydrogens (tertiary/aromatic N) is 4. The van der Waals surface area contributed by atoms with Crippen molar-refractivity contribution < 1.29 is 12.9 Å². The molecule has 2 aromatic rings. The summed E-state index contributed by atoms with van der Waals surface area (Å²) in [5.41, 5.74) is 0. The summed E-state index contributed by atoms with van der Waals surface area (Å²) in [7, 11) is -3.58. The van der Waals surface area contributed by atoms with E-state index in [-0.39, 0.29) is 11.4 Å². The average molecular weight is 338 g/mol. The number of anilines is 2. The van der Waals surface area contributed by atoms with E-state index in [0.717, 1.165) is 31.4 Å². The van der Waals surface area contributed by atoms with Gasteiger partial charge in [0.2, 0.25) is 10.0 Å². The molecule has 0 saturated carbocycles. The Kier molecular flexibility index (Phi) is 4.72. The predicted octanol–water partition coefficient (Wildman–Crippen LogP) is 0.455. The Labute approximate surface area is 134 Å². The SMILES string of the molecule is O=S(=O)(NCCNc1cc(N2CCCC2)ncn1)c1cnoc1. The molecule has 3 heterocycles. The van der Waals surface area contributed by atoms with Gasteiger partial charge in [0, 0.05) is 32.2 Å². The highest BCUT2D eigenvalue weighted by Gasteiger charge is 2.16. The van der Waals surface area contributed by atoms with E-state index in [9.17, 15) is 8.42 Å². The van der Waals surface area contributed by atoms with Crippen LogP contribution in [0.1, 0.15) is 12.8 Å². The molecule has 0 spiro atoms. The van der Waals surface area contributed by atoms with Gasteiger partial charge in [0.1, 0.15) is 29.1 Å². The molecule has 0 amide bonds. The van der Waals surface area contributed by atoms with Crippen LogP contribution in [0.2, 0.25) is 0 Å². The van der Waals surface area contributed by atoms with E-state index in [1.807, 2.05) is 6.07 Å². The fraction of sp³-hybridized carbons (Fsp3) is 0.462. The zero-order valence-electron chi connectivity index (χ0n) is 12.5. The molecule has 124 valence electrons. The van der Waals surface area contributed by atoms with Crippen LogP contribution in [0.4, 0.5) is 11.6 Å². The molecule has 1 saturated heterocycles. The van der Waals surface area contributed by atoms with Gasteiger partial charge in [-0.3, -0.25) is 0 Å². The van der Waals surface area contributed by atoms with Gasteiger partial charge >= 0.3 is 0 Å². The molecular weight excluding hydrogens is 320 g/mol. The van der Waals surface area contributed by atoms with Crippen LogP contribution in [-0.4, -0.2) is 49.7 Å². The summed E-state index contributed by atoms with van der Waals surface area (Å²) in [6.45, 7) is 2.64. The Morgan fingerprint density at radius 3 is 2.78 bits per heavy atom. The second-order valence-electron chi connectivity index (χ2n) is 5.14. The van der Waals surface area contributed by atoms with E-state index in [2.05, 4.69) is 34.6 Å². The van der Waals surface area contributed by atoms with Crippen molar-refractivity contribution in [2.45, 2.75) is 17.7 Å². The van der Waals surface area contributed by atoms with E-state index < -0.39 is 10.0 Å². The molecule has 0 aliphatic carbocycles. The maximum atomic E-state index is 11.9. The maximum Gasteiger partial charge on any atom is 0.245 e. The van der Waals surface area contributed by atoms with Gasteiger partial charge in [-0.15, -0.1) is 0 Å². The van der Waals surface area contributed by atoms with Crippen LogP contribution in [0.15, 0.2) is 34.3 Å². The monoisotopic (exact) mass is 338 g/mol. The Hall–Kier alpha value is -2.20. The van der Waals surface area contributed by atoms with Gasteiger partial charge in [-0.1, -0.05) is 5.16 Å². The first-order chi connectivity index (χ1) is 11.1. The van der Waals surface area contributed by atoms with Crippen molar-refractivity contribution in [3.8, 4) is 0 Å². The first-order valence-electron chi connectivity index (χ1n) is 7.35. The molecule has 0 aromatic carbocycles. The molecule has 0 bridgehead atoms. The topological polar surface area (TPSA) is 113 Å². The van der Waals surface area contributed by atoms with E-state index >= 15 is 0 Å². The molecule has 9 nitrogen and oxygen atoms in total. The van der Waals surface area contributed by atoms with Crippen LogP contribution in [0.3, 0.4) is 0 Å². The van der Waals surface area contributed by atoms with Gasteiger partial charge in [-0.25, -0.2) is 23.1 Å². The third kappa shape index (κ3) is 3.96. The van der Waals surface area contributed by atoms with Gasteiger partial charge in [-0.2, -0.15) is 0 Å². The normalized spacial score (nSPS) is 15.0. The number of hydrogen-bond acceptors (Lipinski definition) is 8.